The first-order valence-corrected chi connectivity index (χ1v) is 11.4. The van der Waals surface area contributed by atoms with Crippen LogP contribution in [0.3, 0.4) is 0 Å². The van der Waals surface area contributed by atoms with Crippen LogP contribution in [0.15, 0.2) is 72.1 Å². The Bertz CT molecular complexity index is 1310. The van der Waals surface area contributed by atoms with Crippen molar-refractivity contribution in [2.75, 3.05) is 27.2 Å². The van der Waals surface area contributed by atoms with Crippen molar-refractivity contribution in [2.45, 2.75) is 12.8 Å². The number of imidazole rings is 1. The smallest absolute Gasteiger partial charge is 0.138 e. The van der Waals surface area contributed by atoms with Gasteiger partial charge in [-0.3, -0.25) is 4.98 Å². The zero-order valence-electron chi connectivity index (χ0n) is 19.3. The number of hydrogen-bond acceptors (Lipinski definition) is 6. The van der Waals surface area contributed by atoms with Crippen LogP contribution in [0, 0.1) is 0 Å². The van der Waals surface area contributed by atoms with E-state index in [4.69, 9.17) is 9.72 Å². The highest BCUT2D eigenvalue weighted by atomic mass is 16.5. The number of aromatic amines is 1. The van der Waals surface area contributed by atoms with Crippen molar-refractivity contribution in [3.8, 4) is 39.7 Å². The molecule has 0 spiro atoms. The molecular weight excluding hydrogens is 426 g/mol. The van der Waals surface area contributed by atoms with E-state index in [1.54, 1.807) is 12.4 Å². The maximum atomic E-state index is 9.27. The molecule has 172 valence electrons. The number of pyridine rings is 1. The van der Waals surface area contributed by atoms with Gasteiger partial charge in [-0.2, -0.15) is 0 Å². The highest BCUT2D eigenvalue weighted by Gasteiger charge is 2.21. The van der Waals surface area contributed by atoms with Crippen LogP contribution < -0.4 is 4.74 Å². The van der Waals surface area contributed by atoms with Gasteiger partial charge in [0.05, 0.1) is 17.1 Å². The average Bonchev–Trinajstić information content (AvgIpc) is 3.49. The van der Waals surface area contributed by atoms with E-state index in [1.807, 2.05) is 62.6 Å². The van der Waals surface area contributed by atoms with E-state index in [1.165, 1.54) is 5.56 Å². The van der Waals surface area contributed by atoms with Crippen LogP contribution in [0.2, 0.25) is 0 Å². The average molecular weight is 454 g/mol. The minimum absolute atomic E-state index is 0.643. The van der Waals surface area contributed by atoms with Crippen molar-refractivity contribution >= 4 is 5.71 Å². The number of aryl methyl sites for hydroxylation is 1. The van der Waals surface area contributed by atoms with Gasteiger partial charge in [0.15, 0.2) is 0 Å². The molecule has 2 heterocycles. The molecule has 2 aromatic carbocycles. The number of fused-ring (bicyclic) bond motifs is 1. The Morgan fingerprint density at radius 3 is 2.47 bits per heavy atom. The number of oxime groups is 1. The van der Waals surface area contributed by atoms with Gasteiger partial charge in [0, 0.05) is 41.2 Å². The third kappa shape index (κ3) is 4.43. The summed E-state index contributed by atoms with van der Waals surface area (Å²) in [6, 6.07) is 18.2. The molecule has 2 aromatic heterocycles. The molecule has 34 heavy (non-hydrogen) atoms. The highest BCUT2D eigenvalue weighted by Crippen LogP contribution is 2.35. The third-order valence-electron chi connectivity index (χ3n) is 6.05. The Morgan fingerprint density at radius 2 is 1.74 bits per heavy atom. The molecule has 0 amide bonds. The van der Waals surface area contributed by atoms with Crippen LogP contribution in [0.1, 0.15) is 17.5 Å². The summed E-state index contributed by atoms with van der Waals surface area (Å²) in [7, 11) is 4.06. The predicted octanol–water partition coefficient (Wildman–Crippen LogP) is 4.87. The van der Waals surface area contributed by atoms with Crippen LogP contribution in [-0.4, -0.2) is 58.0 Å². The number of nitrogens with zero attached hydrogens (tertiary/aromatic N) is 4. The minimum Gasteiger partial charge on any atom is -0.492 e. The predicted molar refractivity (Wildman–Crippen MR) is 133 cm³/mol. The van der Waals surface area contributed by atoms with E-state index in [9.17, 15) is 5.21 Å². The van der Waals surface area contributed by atoms with Gasteiger partial charge >= 0.3 is 0 Å². The molecule has 0 fully saturated rings. The van der Waals surface area contributed by atoms with Crippen molar-refractivity contribution in [1.82, 2.24) is 19.9 Å². The number of H-pyrrole nitrogens is 1. The standard InChI is InChI=1S/C27H27N5O2/c1-32(2)15-16-34-22-7-3-19(4-8-22)27-29-25(18-11-13-28-14-12-18)26(30-27)21-5-9-23-20(17-21)6-10-24(23)31-33/h3-5,7-9,11-14,17,33H,6,10,15-16H2,1-2H3,(H,29,30)/b31-24-. The lowest BCUT2D eigenvalue weighted by Crippen LogP contribution is -2.19. The molecule has 2 N–H and O–H groups in total. The molecule has 0 aliphatic heterocycles. The Balaban J connectivity index is 1.50. The number of benzene rings is 2. The van der Waals surface area contributed by atoms with E-state index in [2.05, 4.69) is 26.1 Å². The Labute approximate surface area is 198 Å². The summed E-state index contributed by atoms with van der Waals surface area (Å²) in [6.45, 7) is 1.51. The van der Waals surface area contributed by atoms with Gasteiger partial charge in [0.1, 0.15) is 18.2 Å². The van der Waals surface area contributed by atoms with Gasteiger partial charge in [-0.15, -0.1) is 0 Å². The molecule has 1 aliphatic carbocycles. The molecule has 5 rings (SSSR count). The van der Waals surface area contributed by atoms with Crippen molar-refractivity contribution in [3.63, 3.8) is 0 Å². The van der Waals surface area contributed by atoms with E-state index < -0.39 is 0 Å². The molecule has 0 unspecified atom stereocenters. The molecule has 0 radical (unpaired) electrons. The normalized spacial score (nSPS) is 14.0. The van der Waals surface area contributed by atoms with E-state index in [0.29, 0.717) is 6.61 Å². The Hall–Kier alpha value is -3.97. The van der Waals surface area contributed by atoms with Crippen LogP contribution >= 0.6 is 0 Å². The van der Waals surface area contributed by atoms with Gasteiger partial charge in [-0.25, -0.2) is 4.98 Å². The zero-order chi connectivity index (χ0) is 23.5. The molecule has 7 heteroatoms. The van der Waals surface area contributed by atoms with Crippen molar-refractivity contribution in [3.05, 3.63) is 78.1 Å². The van der Waals surface area contributed by atoms with Crippen LogP contribution in [-0.2, 0) is 6.42 Å². The number of rotatable bonds is 7. The van der Waals surface area contributed by atoms with Gasteiger partial charge < -0.3 is 19.8 Å². The number of nitrogens with one attached hydrogen (secondary N) is 1. The highest BCUT2D eigenvalue weighted by molar-refractivity contribution is 6.04. The number of hydrogen-bond donors (Lipinski definition) is 2. The lowest BCUT2D eigenvalue weighted by Gasteiger charge is -2.11. The first-order chi connectivity index (χ1) is 16.6. The van der Waals surface area contributed by atoms with E-state index in [0.717, 1.165) is 70.3 Å². The molecule has 1 aliphatic rings. The maximum absolute atomic E-state index is 9.27. The number of aromatic nitrogens is 3. The van der Waals surface area contributed by atoms with Crippen LogP contribution in [0.5, 0.6) is 5.75 Å². The zero-order valence-corrected chi connectivity index (χ0v) is 19.3. The molecule has 0 saturated heterocycles. The fourth-order valence-corrected chi connectivity index (χ4v) is 4.22. The second kappa shape index (κ2) is 9.49. The van der Waals surface area contributed by atoms with Crippen molar-refractivity contribution in [2.24, 2.45) is 5.16 Å². The lowest BCUT2D eigenvalue weighted by atomic mass is 10.0. The summed E-state index contributed by atoms with van der Waals surface area (Å²) in [5, 5.41) is 12.7. The minimum atomic E-state index is 0.643. The molecule has 7 nitrogen and oxygen atoms in total. The first-order valence-electron chi connectivity index (χ1n) is 11.4. The molecule has 0 bridgehead atoms. The maximum Gasteiger partial charge on any atom is 0.138 e. The number of ether oxygens (including phenoxy) is 1. The second-order valence-corrected chi connectivity index (χ2v) is 8.64. The molecular formula is C27H27N5O2. The fourth-order valence-electron chi connectivity index (χ4n) is 4.22. The number of likely N-dealkylation sites (N-methyl/N-ethyl adjacent to an activating group) is 1. The largest absolute Gasteiger partial charge is 0.492 e. The topological polar surface area (TPSA) is 86.6 Å². The first kappa shape index (κ1) is 21.9. The SMILES string of the molecule is CN(C)CCOc1ccc(-c2nc(-c3ccc4c(c3)CC/C4=N/O)c(-c3ccncc3)[nH]2)cc1. The van der Waals surface area contributed by atoms with Gasteiger partial charge in [0.2, 0.25) is 0 Å². The summed E-state index contributed by atoms with van der Waals surface area (Å²) in [6.07, 6.45) is 5.18. The Morgan fingerprint density at radius 1 is 0.971 bits per heavy atom. The van der Waals surface area contributed by atoms with Crippen LogP contribution in [0.4, 0.5) is 0 Å². The van der Waals surface area contributed by atoms with Crippen molar-refractivity contribution < 1.29 is 9.94 Å². The van der Waals surface area contributed by atoms with E-state index >= 15 is 0 Å². The summed E-state index contributed by atoms with van der Waals surface area (Å²) in [4.78, 5) is 14.8. The summed E-state index contributed by atoms with van der Waals surface area (Å²) >= 11 is 0. The molecule has 0 atom stereocenters. The summed E-state index contributed by atoms with van der Waals surface area (Å²) in [5.41, 5.74) is 7.78. The van der Waals surface area contributed by atoms with E-state index in [-0.39, 0.29) is 0 Å². The van der Waals surface area contributed by atoms with Gasteiger partial charge in [-0.05, 0) is 75.0 Å². The Kier molecular flexibility index (Phi) is 6.10. The fraction of sp³-hybridized carbons (Fsp3) is 0.222. The second-order valence-electron chi connectivity index (χ2n) is 8.64. The lowest BCUT2D eigenvalue weighted by molar-refractivity contribution is 0.261. The molecule has 4 aromatic rings. The summed E-state index contributed by atoms with van der Waals surface area (Å²) < 4.78 is 5.83. The quantitative estimate of drug-likeness (QED) is 0.308. The van der Waals surface area contributed by atoms with Gasteiger partial charge in [0.25, 0.3) is 0 Å². The summed E-state index contributed by atoms with van der Waals surface area (Å²) in [5.74, 6) is 1.63. The van der Waals surface area contributed by atoms with Gasteiger partial charge in [-0.1, -0.05) is 17.3 Å². The third-order valence-corrected chi connectivity index (χ3v) is 6.05. The molecule has 0 saturated carbocycles. The van der Waals surface area contributed by atoms with Crippen molar-refractivity contribution in [1.29, 1.82) is 0 Å². The monoisotopic (exact) mass is 453 g/mol. The van der Waals surface area contributed by atoms with Crippen LogP contribution in [0.25, 0.3) is 33.9 Å².